The topological polar surface area (TPSA) is 21.3 Å². The Bertz CT molecular complexity index is 168. The smallest absolute Gasteiger partial charge is 0.0696 e. The zero-order chi connectivity index (χ0) is 8.60. The number of hydrogen-bond acceptors (Lipinski definition) is 3. The van der Waals surface area contributed by atoms with Gasteiger partial charge in [0.1, 0.15) is 0 Å². The summed E-state index contributed by atoms with van der Waals surface area (Å²) in [6, 6.07) is 0.698. The molecule has 12 heavy (non-hydrogen) atoms. The van der Waals surface area contributed by atoms with Gasteiger partial charge in [0, 0.05) is 26.0 Å². The molecule has 2 rings (SSSR count). The zero-order valence-corrected chi connectivity index (χ0v) is 8.62. The first-order valence-electron chi connectivity index (χ1n) is 4.68. The van der Waals surface area contributed by atoms with Crippen molar-refractivity contribution in [2.75, 3.05) is 12.9 Å². The first kappa shape index (κ1) is 8.85. The van der Waals surface area contributed by atoms with E-state index in [-0.39, 0.29) is 0 Å². The third-order valence-corrected chi connectivity index (χ3v) is 4.33. The van der Waals surface area contributed by atoms with Crippen molar-refractivity contribution in [1.82, 2.24) is 5.32 Å². The Morgan fingerprint density at radius 1 is 1.50 bits per heavy atom. The van der Waals surface area contributed by atoms with Gasteiger partial charge in [0.05, 0.1) is 11.0 Å². The van der Waals surface area contributed by atoms with Gasteiger partial charge in [-0.2, -0.15) is 0 Å². The fourth-order valence-corrected chi connectivity index (χ4v) is 3.83. The second kappa shape index (κ2) is 3.20. The van der Waals surface area contributed by atoms with E-state index in [1.54, 1.807) is 0 Å². The van der Waals surface area contributed by atoms with Crippen LogP contribution in [-0.4, -0.2) is 29.9 Å². The molecule has 3 heteroatoms. The van der Waals surface area contributed by atoms with E-state index < -0.39 is 0 Å². The maximum Gasteiger partial charge on any atom is 0.0696 e. The molecule has 2 nitrogen and oxygen atoms in total. The number of ether oxygens (including phenoxy) is 1. The predicted molar refractivity (Wildman–Crippen MR) is 52.4 cm³/mol. The monoisotopic (exact) mass is 187 g/mol. The molecular formula is C9H17NOS. The minimum Gasteiger partial charge on any atom is -0.381 e. The molecule has 70 valence electrons. The lowest BCUT2D eigenvalue weighted by Crippen LogP contribution is -2.60. The molecule has 2 aliphatic rings. The summed E-state index contributed by atoms with van der Waals surface area (Å²) in [5.74, 6) is 1.31. The average Bonchev–Trinajstić information content (AvgIpc) is 1.99. The molecule has 1 spiro atoms. The molecule has 0 amide bonds. The summed E-state index contributed by atoms with van der Waals surface area (Å²) in [5.41, 5.74) is 0. The second-order valence-corrected chi connectivity index (χ2v) is 5.42. The van der Waals surface area contributed by atoms with E-state index in [1.165, 1.54) is 25.0 Å². The maximum absolute atomic E-state index is 5.30. The summed E-state index contributed by atoms with van der Waals surface area (Å²) in [7, 11) is 1.81. The number of rotatable bonds is 1. The molecule has 0 aromatic rings. The molecule has 2 fully saturated rings. The van der Waals surface area contributed by atoms with Crippen LogP contribution in [0, 0.1) is 0 Å². The summed E-state index contributed by atoms with van der Waals surface area (Å²) < 4.78 is 5.30. The van der Waals surface area contributed by atoms with Crippen molar-refractivity contribution in [2.45, 2.75) is 43.2 Å². The lowest BCUT2D eigenvalue weighted by molar-refractivity contribution is 0.000887. The second-order valence-electron chi connectivity index (χ2n) is 3.94. The van der Waals surface area contributed by atoms with Gasteiger partial charge in [-0.3, -0.25) is 0 Å². The number of nitrogens with one attached hydrogen (secondary N) is 1. The molecule has 0 aromatic carbocycles. The van der Waals surface area contributed by atoms with E-state index in [4.69, 9.17) is 4.74 Å². The maximum atomic E-state index is 5.30. The highest BCUT2D eigenvalue weighted by atomic mass is 32.2. The molecule has 0 aromatic heterocycles. The summed E-state index contributed by atoms with van der Waals surface area (Å²) in [4.78, 5) is 0.387. The van der Waals surface area contributed by atoms with Crippen LogP contribution in [0.3, 0.4) is 0 Å². The van der Waals surface area contributed by atoms with Crippen molar-refractivity contribution < 1.29 is 4.74 Å². The molecule has 1 saturated carbocycles. The highest BCUT2D eigenvalue weighted by molar-refractivity contribution is 8.00. The number of hydrogen-bond donors (Lipinski definition) is 1. The van der Waals surface area contributed by atoms with Crippen LogP contribution >= 0.6 is 11.8 Å². The molecule has 1 N–H and O–H groups in total. The van der Waals surface area contributed by atoms with Crippen molar-refractivity contribution in [1.29, 1.82) is 0 Å². The van der Waals surface area contributed by atoms with Crippen LogP contribution in [0.25, 0.3) is 0 Å². The first-order valence-corrected chi connectivity index (χ1v) is 5.67. The summed E-state index contributed by atoms with van der Waals surface area (Å²) in [6.07, 6.45) is 4.21. The molecule has 1 heterocycles. The Labute approximate surface area is 78.4 Å². The van der Waals surface area contributed by atoms with Gasteiger partial charge in [-0.25, -0.2) is 0 Å². The normalized spacial score (nSPS) is 47.5. The van der Waals surface area contributed by atoms with Gasteiger partial charge in [0.15, 0.2) is 0 Å². The fraction of sp³-hybridized carbons (Fsp3) is 1.00. The molecule has 0 radical (unpaired) electrons. The number of methoxy groups -OCH3 is 1. The summed E-state index contributed by atoms with van der Waals surface area (Å²) >= 11 is 2.08. The fourth-order valence-electron chi connectivity index (χ4n) is 2.07. The van der Waals surface area contributed by atoms with Crippen molar-refractivity contribution in [3.05, 3.63) is 0 Å². The van der Waals surface area contributed by atoms with Gasteiger partial charge in [0.2, 0.25) is 0 Å². The van der Waals surface area contributed by atoms with Gasteiger partial charge in [-0.1, -0.05) is 0 Å². The summed E-state index contributed by atoms with van der Waals surface area (Å²) in [5, 5.41) is 3.68. The Morgan fingerprint density at radius 2 is 2.25 bits per heavy atom. The van der Waals surface area contributed by atoms with Crippen LogP contribution in [0.2, 0.25) is 0 Å². The Balaban J connectivity index is 1.88. The lowest BCUT2D eigenvalue weighted by Gasteiger charge is -2.51. The van der Waals surface area contributed by atoms with Crippen molar-refractivity contribution in [3.63, 3.8) is 0 Å². The van der Waals surface area contributed by atoms with Crippen LogP contribution in [-0.2, 0) is 4.74 Å². The molecule has 1 aliphatic carbocycles. The molecule has 0 bridgehead atoms. The van der Waals surface area contributed by atoms with Gasteiger partial charge in [-0.05, 0) is 19.1 Å². The van der Waals surface area contributed by atoms with Crippen molar-refractivity contribution >= 4 is 11.8 Å². The average molecular weight is 187 g/mol. The zero-order valence-electron chi connectivity index (χ0n) is 7.80. The van der Waals surface area contributed by atoms with E-state index in [0.29, 0.717) is 17.0 Å². The van der Waals surface area contributed by atoms with Crippen LogP contribution in [0.4, 0.5) is 0 Å². The van der Waals surface area contributed by atoms with Gasteiger partial charge >= 0.3 is 0 Å². The molecule has 1 unspecified atom stereocenters. The molecular weight excluding hydrogens is 170 g/mol. The molecule has 1 saturated heterocycles. The minimum atomic E-state index is 0.387. The van der Waals surface area contributed by atoms with Crippen LogP contribution < -0.4 is 5.32 Å². The van der Waals surface area contributed by atoms with Crippen LogP contribution in [0.5, 0.6) is 0 Å². The molecule has 1 aliphatic heterocycles. The number of thioether (sulfide) groups is 1. The minimum absolute atomic E-state index is 0.387. The first-order chi connectivity index (χ1) is 5.74. The summed E-state index contributed by atoms with van der Waals surface area (Å²) in [6.45, 7) is 2.28. The van der Waals surface area contributed by atoms with Crippen molar-refractivity contribution in [2.24, 2.45) is 0 Å². The highest BCUT2D eigenvalue weighted by Crippen LogP contribution is 2.45. The van der Waals surface area contributed by atoms with E-state index in [0.717, 1.165) is 0 Å². The van der Waals surface area contributed by atoms with E-state index in [2.05, 4.69) is 24.0 Å². The third-order valence-electron chi connectivity index (χ3n) is 2.89. The van der Waals surface area contributed by atoms with E-state index in [9.17, 15) is 0 Å². The van der Waals surface area contributed by atoms with Crippen LogP contribution in [0.15, 0.2) is 0 Å². The van der Waals surface area contributed by atoms with E-state index >= 15 is 0 Å². The van der Waals surface area contributed by atoms with Gasteiger partial charge < -0.3 is 10.1 Å². The molecule has 1 atom stereocenters. The van der Waals surface area contributed by atoms with Crippen LogP contribution in [0.1, 0.15) is 26.2 Å². The Morgan fingerprint density at radius 3 is 2.83 bits per heavy atom. The SMILES string of the molecule is COC1CC2(C1)NC(C)CCS2. The van der Waals surface area contributed by atoms with Gasteiger partial charge in [0.25, 0.3) is 0 Å². The standard InChI is InChI=1S/C9H17NOS/c1-7-3-4-12-9(10-7)5-8(6-9)11-2/h7-8,10H,3-6H2,1-2H3. The largest absolute Gasteiger partial charge is 0.381 e. The Kier molecular flexibility index (Phi) is 2.36. The highest BCUT2D eigenvalue weighted by Gasteiger charge is 2.46. The van der Waals surface area contributed by atoms with Gasteiger partial charge in [-0.15, -0.1) is 11.8 Å². The van der Waals surface area contributed by atoms with E-state index in [1.807, 2.05) is 7.11 Å². The van der Waals surface area contributed by atoms with Crippen molar-refractivity contribution in [3.8, 4) is 0 Å². The third kappa shape index (κ3) is 1.50. The Hall–Kier alpha value is 0.270. The lowest BCUT2D eigenvalue weighted by atomic mass is 9.87. The predicted octanol–water partition coefficient (Wildman–Crippen LogP) is 1.61. The quantitative estimate of drug-likeness (QED) is 0.674.